The van der Waals surface area contributed by atoms with E-state index >= 15 is 0 Å². The highest BCUT2D eigenvalue weighted by atomic mass is 16.5. The maximum absolute atomic E-state index is 12.3. The zero-order chi connectivity index (χ0) is 21.7. The van der Waals surface area contributed by atoms with Crippen molar-refractivity contribution < 1.29 is 28.5 Å². The highest BCUT2D eigenvalue weighted by Gasteiger charge is 2.16. The summed E-state index contributed by atoms with van der Waals surface area (Å²) in [5.74, 6) is 1.21. The van der Waals surface area contributed by atoms with Gasteiger partial charge < -0.3 is 29.1 Å². The van der Waals surface area contributed by atoms with Crippen LogP contribution in [0.15, 0.2) is 41.0 Å². The number of para-hydroxylation sites is 1. The molecule has 3 aromatic rings. The van der Waals surface area contributed by atoms with Crippen LogP contribution in [0.1, 0.15) is 16.7 Å². The van der Waals surface area contributed by atoms with Crippen LogP contribution < -0.4 is 19.5 Å². The first-order chi connectivity index (χ1) is 14.4. The minimum Gasteiger partial charge on any atom is -0.493 e. The number of aliphatic hydroxyl groups is 1. The minimum atomic E-state index is -0.894. The molecule has 3 rings (SSSR count). The lowest BCUT2D eigenvalue weighted by Gasteiger charge is -2.17. The number of amides is 1. The molecule has 0 saturated carbocycles. The number of fused-ring (bicyclic) bond motifs is 1. The number of benzene rings is 2. The second-order valence-corrected chi connectivity index (χ2v) is 7.08. The summed E-state index contributed by atoms with van der Waals surface area (Å²) in [6.45, 7) is 4.06. The highest BCUT2D eigenvalue weighted by Crippen LogP contribution is 2.36. The molecule has 0 fully saturated rings. The smallest absolute Gasteiger partial charge is 0.224 e. The molecule has 0 spiro atoms. The first kappa shape index (κ1) is 21.5. The molecule has 0 aliphatic carbocycles. The van der Waals surface area contributed by atoms with Gasteiger partial charge in [0.15, 0.2) is 11.5 Å². The average Bonchev–Trinajstić information content (AvgIpc) is 3.16. The van der Waals surface area contributed by atoms with Crippen molar-refractivity contribution in [3.05, 3.63) is 53.3 Å². The summed E-state index contributed by atoms with van der Waals surface area (Å²) in [6, 6.07) is 9.24. The van der Waals surface area contributed by atoms with E-state index in [4.69, 9.17) is 18.6 Å². The largest absolute Gasteiger partial charge is 0.493 e. The number of hydrogen-bond donors (Lipinski definition) is 2. The molecule has 7 heteroatoms. The summed E-state index contributed by atoms with van der Waals surface area (Å²) in [4.78, 5) is 12.3. The van der Waals surface area contributed by atoms with E-state index in [1.54, 1.807) is 24.5 Å². The van der Waals surface area contributed by atoms with Crippen LogP contribution in [0.4, 0.5) is 0 Å². The van der Waals surface area contributed by atoms with Crippen LogP contribution in [0.2, 0.25) is 0 Å². The molecule has 0 bridgehead atoms. The third kappa shape index (κ3) is 4.68. The van der Waals surface area contributed by atoms with E-state index in [9.17, 15) is 9.90 Å². The van der Waals surface area contributed by atoms with Crippen LogP contribution in [0, 0.1) is 13.8 Å². The molecule has 0 aliphatic rings. The lowest BCUT2D eigenvalue weighted by Crippen LogP contribution is -2.36. The Hall–Kier alpha value is -3.19. The van der Waals surface area contributed by atoms with Gasteiger partial charge in [-0.3, -0.25) is 4.79 Å². The Morgan fingerprint density at radius 2 is 1.83 bits per heavy atom. The fourth-order valence-electron chi connectivity index (χ4n) is 3.19. The second-order valence-electron chi connectivity index (χ2n) is 7.08. The summed E-state index contributed by atoms with van der Waals surface area (Å²) in [7, 11) is 3.06. The van der Waals surface area contributed by atoms with Crippen LogP contribution in [0.5, 0.6) is 17.2 Å². The number of furan rings is 1. The van der Waals surface area contributed by atoms with Crippen molar-refractivity contribution in [2.75, 3.05) is 27.4 Å². The van der Waals surface area contributed by atoms with Gasteiger partial charge in [0.2, 0.25) is 11.7 Å². The molecule has 0 saturated heterocycles. The van der Waals surface area contributed by atoms with Crippen LogP contribution in [0.25, 0.3) is 11.0 Å². The summed E-state index contributed by atoms with van der Waals surface area (Å²) < 4.78 is 21.8. The Labute approximate surface area is 175 Å². The molecule has 0 radical (unpaired) electrons. The van der Waals surface area contributed by atoms with Gasteiger partial charge in [0.1, 0.15) is 18.3 Å². The molecule has 160 valence electrons. The maximum atomic E-state index is 12.3. The van der Waals surface area contributed by atoms with Gasteiger partial charge >= 0.3 is 0 Å². The van der Waals surface area contributed by atoms with Crippen molar-refractivity contribution in [1.29, 1.82) is 0 Å². The first-order valence-electron chi connectivity index (χ1n) is 9.69. The zero-order valence-corrected chi connectivity index (χ0v) is 17.7. The van der Waals surface area contributed by atoms with Gasteiger partial charge in [0.05, 0.1) is 26.9 Å². The Morgan fingerprint density at radius 1 is 1.13 bits per heavy atom. The van der Waals surface area contributed by atoms with Gasteiger partial charge in [-0.2, -0.15) is 0 Å². The first-order valence-corrected chi connectivity index (χ1v) is 9.69. The average molecular weight is 413 g/mol. The van der Waals surface area contributed by atoms with E-state index in [1.807, 2.05) is 26.0 Å². The number of rotatable bonds is 9. The summed E-state index contributed by atoms with van der Waals surface area (Å²) in [5.41, 5.74) is 3.83. The Morgan fingerprint density at radius 3 is 2.50 bits per heavy atom. The number of nitrogens with one attached hydrogen (secondary N) is 1. The third-order valence-electron chi connectivity index (χ3n) is 5.03. The number of carbonyl (C=O) groups excluding carboxylic acids is 1. The van der Waals surface area contributed by atoms with Gasteiger partial charge in [-0.25, -0.2) is 0 Å². The topological polar surface area (TPSA) is 90.2 Å². The Bertz CT molecular complexity index is 1000. The van der Waals surface area contributed by atoms with Crippen LogP contribution in [0.3, 0.4) is 0 Å². The van der Waals surface area contributed by atoms with Crippen molar-refractivity contribution >= 4 is 16.9 Å². The molecule has 30 heavy (non-hydrogen) atoms. The van der Waals surface area contributed by atoms with Crippen LogP contribution in [-0.2, 0) is 11.2 Å². The molecule has 1 amide bonds. The lowest BCUT2D eigenvalue weighted by atomic mass is 10.0. The SMILES string of the molecule is COc1cccc(OC)c1OCC(O)CNC(=O)Cc1coc2c(C)c(C)ccc12. The van der Waals surface area contributed by atoms with E-state index in [1.165, 1.54) is 14.2 Å². The molecule has 1 unspecified atom stereocenters. The Kier molecular flexibility index (Phi) is 6.84. The van der Waals surface area contributed by atoms with Gasteiger partial charge in [-0.15, -0.1) is 0 Å². The number of aliphatic hydroxyl groups excluding tert-OH is 1. The maximum Gasteiger partial charge on any atom is 0.224 e. The number of methoxy groups -OCH3 is 2. The standard InChI is InChI=1S/C23H27NO6/c1-14-8-9-18-16(12-29-22(18)15(14)2)10-21(26)24-11-17(25)13-30-23-19(27-3)6-5-7-20(23)28-4/h5-9,12,17,25H,10-11,13H2,1-4H3,(H,24,26). The summed E-state index contributed by atoms with van der Waals surface area (Å²) in [5, 5.41) is 13.9. The molecular weight excluding hydrogens is 386 g/mol. The fourth-order valence-corrected chi connectivity index (χ4v) is 3.19. The molecule has 0 aliphatic heterocycles. The van der Waals surface area contributed by atoms with Gasteiger partial charge in [0.25, 0.3) is 0 Å². The van der Waals surface area contributed by atoms with Crippen LogP contribution in [-0.4, -0.2) is 44.5 Å². The fraction of sp³-hybridized carbons (Fsp3) is 0.348. The molecular formula is C23H27NO6. The molecule has 2 aromatic carbocycles. The van der Waals surface area contributed by atoms with Crippen molar-refractivity contribution in [3.63, 3.8) is 0 Å². The molecule has 1 aromatic heterocycles. The highest BCUT2D eigenvalue weighted by molar-refractivity contribution is 5.89. The Balaban J connectivity index is 1.54. The quantitative estimate of drug-likeness (QED) is 0.560. The second kappa shape index (κ2) is 9.54. The van der Waals surface area contributed by atoms with Gasteiger partial charge in [0, 0.05) is 17.5 Å². The monoisotopic (exact) mass is 413 g/mol. The molecule has 7 nitrogen and oxygen atoms in total. The normalized spacial score (nSPS) is 11.9. The van der Waals surface area contributed by atoms with Gasteiger partial charge in [-0.05, 0) is 37.1 Å². The van der Waals surface area contributed by atoms with Crippen molar-refractivity contribution in [1.82, 2.24) is 5.32 Å². The number of ether oxygens (including phenoxy) is 3. The van der Waals surface area contributed by atoms with Crippen molar-refractivity contribution in [2.45, 2.75) is 26.4 Å². The number of aryl methyl sites for hydroxylation is 2. The van der Waals surface area contributed by atoms with E-state index in [0.717, 1.165) is 27.7 Å². The lowest BCUT2D eigenvalue weighted by molar-refractivity contribution is -0.121. The molecule has 1 atom stereocenters. The zero-order valence-electron chi connectivity index (χ0n) is 17.7. The third-order valence-corrected chi connectivity index (χ3v) is 5.03. The predicted molar refractivity (Wildman–Crippen MR) is 113 cm³/mol. The molecule has 1 heterocycles. The number of carbonyl (C=O) groups is 1. The summed E-state index contributed by atoms with van der Waals surface area (Å²) in [6.07, 6.45) is 0.891. The number of hydrogen-bond acceptors (Lipinski definition) is 6. The van der Waals surface area contributed by atoms with E-state index in [0.29, 0.717) is 17.2 Å². The van der Waals surface area contributed by atoms with Gasteiger partial charge in [-0.1, -0.05) is 18.2 Å². The van der Waals surface area contributed by atoms with E-state index < -0.39 is 6.10 Å². The minimum absolute atomic E-state index is 0.0237. The predicted octanol–water partition coefficient (Wildman–Crippen LogP) is 3.17. The van der Waals surface area contributed by atoms with E-state index in [2.05, 4.69) is 5.32 Å². The van der Waals surface area contributed by atoms with Crippen molar-refractivity contribution in [2.24, 2.45) is 0 Å². The van der Waals surface area contributed by atoms with E-state index in [-0.39, 0.29) is 25.5 Å². The van der Waals surface area contributed by atoms with Crippen LogP contribution >= 0.6 is 0 Å². The summed E-state index contributed by atoms with van der Waals surface area (Å²) >= 11 is 0. The molecule has 2 N–H and O–H groups in total. The van der Waals surface area contributed by atoms with Crippen molar-refractivity contribution in [3.8, 4) is 17.2 Å².